The standard InChI is InChI=1S/C21H31NO4/c1-20-9-7-14(22-26-12-19(24)25)11-13(20)3-4-15-16-5-6-18(23)21(16,2)10-8-17(15)20/h11,15-18,23H,3-10,12H2,1-2H3,(H,24,25)/p-1/t15-,16+,17+,18+,20+,21+/m1/s1. The maximum absolute atomic E-state index is 10.5. The van der Waals surface area contributed by atoms with Crippen LogP contribution in [-0.4, -0.2) is 29.5 Å². The Labute approximate surface area is 155 Å². The molecule has 0 aromatic carbocycles. The van der Waals surface area contributed by atoms with Gasteiger partial charge in [-0.2, -0.15) is 0 Å². The number of carboxylic acids is 1. The first-order valence-corrected chi connectivity index (χ1v) is 10.1. The number of carbonyl (C=O) groups is 1. The van der Waals surface area contributed by atoms with Crippen molar-refractivity contribution in [1.29, 1.82) is 0 Å². The van der Waals surface area contributed by atoms with Crippen LogP contribution in [0.5, 0.6) is 0 Å². The number of aliphatic carboxylic acids is 1. The molecule has 5 heteroatoms. The topological polar surface area (TPSA) is 82.0 Å². The third kappa shape index (κ3) is 2.70. The van der Waals surface area contributed by atoms with Crippen molar-refractivity contribution in [2.75, 3.05) is 6.61 Å². The third-order valence-electron chi connectivity index (χ3n) is 8.29. The molecule has 0 amide bonds. The van der Waals surface area contributed by atoms with E-state index in [4.69, 9.17) is 4.84 Å². The van der Waals surface area contributed by atoms with Crippen molar-refractivity contribution in [3.05, 3.63) is 11.6 Å². The smallest absolute Gasteiger partial charge is 0.156 e. The molecule has 0 heterocycles. The van der Waals surface area contributed by atoms with E-state index in [1.54, 1.807) is 0 Å². The minimum Gasteiger partial charge on any atom is -0.546 e. The SMILES string of the molecule is C[C@]12CC[C@H]3[C@H](CCC4=CC(=NOCC(=O)[O-])CC[C@@]43C)[C@@H]1CC[C@@H]2O. The average molecular weight is 360 g/mol. The fourth-order valence-electron chi connectivity index (χ4n) is 6.78. The summed E-state index contributed by atoms with van der Waals surface area (Å²) in [5.41, 5.74) is 2.65. The molecule has 3 fully saturated rings. The van der Waals surface area contributed by atoms with Gasteiger partial charge in [-0.05, 0) is 86.0 Å². The number of rotatable bonds is 3. The predicted octanol–water partition coefficient (Wildman–Crippen LogP) is 2.43. The highest BCUT2D eigenvalue weighted by molar-refractivity contribution is 5.96. The van der Waals surface area contributed by atoms with Crippen molar-refractivity contribution in [3.63, 3.8) is 0 Å². The zero-order valence-electron chi connectivity index (χ0n) is 15.9. The summed E-state index contributed by atoms with van der Waals surface area (Å²) in [4.78, 5) is 15.4. The van der Waals surface area contributed by atoms with Crippen molar-refractivity contribution >= 4 is 11.7 Å². The molecule has 5 nitrogen and oxygen atoms in total. The van der Waals surface area contributed by atoms with Crippen LogP contribution >= 0.6 is 0 Å². The summed E-state index contributed by atoms with van der Waals surface area (Å²) in [7, 11) is 0. The zero-order valence-corrected chi connectivity index (χ0v) is 15.9. The Morgan fingerprint density at radius 3 is 2.81 bits per heavy atom. The Balaban J connectivity index is 1.55. The zero-order chi connectivity index (χ0) is 18.5. The van der Waals surface area contributed by atoms with Crippen LogP contribution in [0.4, 0.5) is 0 Å². The van der Waals surface area contributed by atoms with Gasteiger partial charge in [0, 0.05) is 0 Å². The molecule has 0 radical (unpaired) electrons. The van der Waals surface area contributed by atoms with E-state index in [9.17, 15) is 15.0 Å². The lowest BCUT2D eigenvalue weighted by Gasteiger charge is -2.57. The minimum atomic E-state index is -1.24. The van der Waals surface area contributed by atoms with E-state index in [-0.39, 0.29) is 16.9 Å². The van der Waals surface area contributed by atoms with Gasteiger partial charge in [0.15, 0.2) is 6.61 Å². The molecule has 0 aromatic rings. The molecular weight excluding hydrogens is 330 g/mol. The molecule has 0 aliphatic heterocycles. The maximum atomic E-state index is 10.5. The van der Waals surface area contributed by atoms with Crippen LogP contribution in [0.3, 0.4) is 0 Å². The van der Waals surface area contributed by atoms with Crippen LogP contribution in [0.15, 0.2) is 16.8 Å². The van der Waals surface area contributed by atoms with Crippen LogP contribution in [-0.2, 0) is 9.63 Å². The van der Waals surface area contributed by atoms with E-state index in [2.05, 4.69) is 25.1 Å². The van der Waals surface area contributed by atoms with Gasteiger partial charge in [0.2, 0.25) is 0 Å². The van der Waals surface area contributed by atoms with Crippen molar-refractivity contribution in [2.24, 2.45) is 33.7 Å². The Hall–Kier alpha value is -1.36. The number of hydrogen-bond acceptors (Lipinski definition) is 5. The Kier molecular flexibility index (Phi) is 4.41. The van der Waals surface area contributed by atoms with Gasteiger partial charge < -0.3 is 19.8 Å². The monoisotopic (exact) mass is 360 g/mol. The molecule has 144 valence electrons. The van der Waals surface area contributed by atoms with E-state index in [1.165, 1.54) is 24.8 Å². The molecular formula is C21H30NO4-. The fraction of sp³-hybridized carbons (Fsp3) is 0.810. The first-order valence-electron chi connectivity index (χ1n) is 10.1. The van der Waals surface area contributed by atoms with Crippen LogP contribution in [0.25, 0.3) is 0 Å². The lowest BCUT2D eigenvalue weighted by molar-refractivity contribution is -0.309. The lowest BCUT2D eigenvalue weighted by atomic mass is 9.47. The predicted molar refractivity (Wildman–Crippen MR) is 96.1 cm³/mol. The molecule has 4 aliphatic carbocycles. The summed E-state index contributed by atoms with van der Waals surface area (Å²) < 4.78 is 0. The fourth-order valence-corrected chi connectivity index (χ4v) is 6.78. The molecule has 0 bridgehead atoms. The molecule has 4 rings (SSSR count). The summed E-state index contributed by atoms with van der Waals surface area (Å²) in [5.74, 6) is 0.834. The average Bonchev–Trinajstić information content (AvgIpc) is 2.90. The van der Waals surface area contributed by atoms with E-state index in [0.29, 0.717) is 11.8 Å². The summed E-state index contributed by atoms with van der Waals surface area (Å²) in [5, 5.41) is 25.0. The summed E-state index contributed by atoms with van der Waals surface area (Å²) in [6.45, 7) is 4.25. The number of hydrogen-bond donors (Lipinski definition) is 1. The number of oxime groups is 1. The molecule has 0 aromatic heterocycles. The minimum absolute atomic E-state index is 0.121. The Morgan fingerprint density at radius 2 is 2.04 bits per heavy atom. The molecule has 0 spiro atoms. The first kappa shape index (κ1) is 18.0. The highest BCUT2D eigenvalue weighted by atomic mass is 16.6. The molecule has 26 heavy (non-hydrogen) atoms. The summed E-state index contributed by atoms with van der Waals surface area (Å²) in [6.07, 6.45) is 10.7. The lowest BCUT2D eigenvalue weighted by Crippen LogP contribution is -2.51. The number of aliphatic hydroxyl groups is 1. The Morgan fingerprint density at radius 1 is 1.23 bits per heavy atom. The molecule has 4 aliphatic rings. The molecule has 1 N–H and O–H groups in total. The van der Waals surface area contributed by atoms with E-state index >= 15 is 0 Å². The number of carbonyl (C=O) groups excluding carboxylic acids is 1. The van der Waals surface area contributed by atoms with Gasteiger partial charge >= 0.3 is 0 Å². The number of fused-ring (bicyclic) bond motifs is 5. The Bertz CT molecular complexity index is 656. The van der Waals surface area contributed by atoms with Gasteiger partial charge in [-0.25, -0.2) is 0 Å². The highest BCUT2D eigenvalue weighted by Crippen LogP contribution is 2.65. The molecule has 3 saturated carbocycles. The molecule has 0 unspecified atom stereocenters. The van der Waals surface area contributed by atoms with Crippen LogP contribution < -0.4 is 5.11 Å². The van der Waals surface area contributed by atoms with Gasteiger partial charge in [-0.1, -0.05) is 24.6 Å². The van der Waals surface area contributed by atoms with E-state index < -0.39 is 12.6 Å². The van der Waals surface area contributed by atoms with Crippen LogP contribution in [0, 0.1) is 28.6 Å². The second-order valence-electron chi connectivity index (χ2n) is 9.37. The van der Waals surface area contributed by atoms with Crippen molar-refractivity contribution in [2.45, 2.75) is 71.3 Å². The van der Waals surface area contributed by atoms with Crippen molar-refractivity contribution in [1.82, 2.24) is 0 Å². The van der Waals surface area contributed by atoms with Gasteiger partial charge in [0.25, 0.3) is 0 Å². The number of nitrogens with zero attached hydrogens (tertiary/aromatic N) is 1. The summed E-state index contributed by atoms with van der Waals surface area (Å²) in [6, 6.07) is 0. The first-order chi connectivity index (χ1) is 12.3. The van der Waals surface area contributed by atoms with E-state index in [1.807, 2.05) is 0 Å². The van der Waals surface area contributed by atoms with Crippen molar-refractivity contribution in [3.8, 4) is 0 Å². The molecule has 0 saturated heterocycles. The second-order valence-corrected chi connectivity index (χ2v) is 9.37. The van der Waals surface area contributed by atoms with Crippen LogP contribution in [0.1, 0.15) is 65.2 Å². The second kappa shape index (κ2) is 6.36. The maximum Gasteiger partial charge on any atom is 0.156 e. The van der Waals surface area contributed by atoms with Gasteiger partial charge in [-0.3, -0.25) is 0 Å². The number of aliphatic hydroxyl groups excluding tert-OH is 1. The quantitative estimate of drug-likeness (QED) is 0.784. The molecule has 6 atom stereocenters. The summed E-state index contributed by atoms with van der Waals surface area (Å²) >= 11 is 0. The van der Waals surface area contributed by atoms with Gasteiger partial charge in [-0.15, -0.1) is 0 Å². The largest absolute Gasteiger partial charge is 0.546 e. The number of carboxylic acid groups (broad SMARTS) is 1. The highest BCUT2D eigenvalue weighted by Gasteiger charge is 2.58. The van der Waals surface area contributed by atoms with Crippen LogP contribution in [0.2, 0.25) is 0 Å². The van der Waals surface area contributed by atoms with Crippen molar-refractivity contribution < 1.29 is 19.8 Å². The van der Waals surface area contributed by atoms with E-state index in [0.717, 1.165) is 43.7 Å². The van der Waals surface area contributed by atoms with Gasteiger partial charge in [0.05, 0.1) is 17.8 Å². The number of allylic oxidation sites excluding steroid dienone is 2. The van der Waals surface area contributed by atoms with Gasteiger partial charge in [0.1, 0.15) is 0 Å². The third-order valence-corrected chi connectivity index (χ3v) is 8.29. The normalized spacial score (nSPS) is 46.1.